The van der Waals surface area contributed by atoms with Gasteiger partial charge in [-0.15, -0.1) is 0 Å². The third-order valence-corrected chi connectivity index (χ3v) is 4.37. The SMILES string of the molecule is CN(N)CC1CCC(N2CCN(C)C(=O)C2)CC1. The van der Waals surface area contributed by atoms with Crippen molar-refractivity contribution in [3.8, 4) is 0 Å². The fourth-order valence-corrected chi connectivity index (χ4v) is 3.19. The average Bonchev–Trinajstić information content (AvgIpc) is 2.33. The van der Waals surface area contributed by atoms with Crippen LogP contribution in [0.25, 0.3) is 0 Å². The van der Waals surface area contributed by atoms with Crippen LogP contribution in [0.3, 0.4) is 0 Å². The van der Waals surface area contributed by atoms with Crippen LogP contribution in [0.2, 0.25) is 0 Å². The first-order valence-electron chi connectivity index (χ1n) is 7.00. The molecule has 0 unspecified atom stereocenters. The lowest BCUT2D eigenvalue weighted by molar-refractivity contribution is -0.135. The number of hydrazine groups is 1. The summed E-state index contributed by atoms with van der Waals surface area (Å²) in [7, 11) is 3.83. The molecule has 0 aromatic rings. The van der Waals surface area contributed by atoms with Crippen molar-refractivity contribution in [1.82, 2.24) is 14.8 Å². The van der Waals surface area contributed by atoms with Gasteiger partial charge < -0.3 is 4.90 Å². The van der Waals surface area contributed by atoms with Gasteiger partial charge in [-0.05, 0) is 31.6 Å². The van der Waals surface area contributed by atoms with Crippen LogP contribution in [0.15, 0.2) is 0 Å². The van der Waals surface area contributed by atoms with Gasteiger partial charge in [0, 0.05) is 39.8 Å². The fraction of sp³-hybridized carbons (Fsp3) is 0.923. The molecule has 2 rings (SSSR count). The molecule has 18 heavy (non-hydrogen) atoms. The second-order valence-electron chi connectivity index (χ2n) is 5.90. The molecule has 2 aliphatic rings. The van der Waals surface area contributed by atoms with Gasteiger partial charge in [-0.25, -0.2) is 5.01 Å². The Labute approximate surface area is 110 Å². The molecule has 1 aliphatic carbocycles. The molecule has 1 aliphatic heterocycles. The summed E-state index contributed by atoms with van der Waals surface area (Å²) in [6.45, 7) is 3.52. The van der Waals surface area contributed by atoms with Crippen LogP contribution in [-0.4, -0.2) is 67.0 Å². The highest BCUT2D eigenvalue weighted by Gasteiger charge is 2.30. The zero-order valence-corrected chi connectivity index (χ0v) is 11.6. The van der Waals surface area contributed by atoms with E-state index in [0.29, 0.717) is 12.6 Å². The largest absolute Gasteiger partial charge is 0.343 e. The van der Waals surface area contributed by atoms with Crippen molar-refractivity contribution in [1.29, 1.82) is 0 Å². The van der Waals surface area contributed by atoms with Gasteiger partial charge in [-0.1, -0.05) is 0 Å². The number of carbonyl (C=O) groups is 1. The maximum Gasteiger partial charge on any atom is 0.236 e. The third kappa shape index (κ3) is 3.43. The first-order valence-corrected chi connectivity index (χ1v) is 7.00. The lowest BCUT2D eigenvalue weighted by Gasteiger charge is -2.40. The van der Waals surface area contributed by atoms with E-state index in [0.717, 1.165) is 25.6 Å². The number of hydrogen-bond donors (Lipinski definition) is 1. The van der Waals surface area contributed by atoms with Crippen molar-refractivity contribution in [3.63, 3.8) is 0 Å². The van der Waals surface area contributed by atoms with Gasteiger partial charge in [-0.2, -0.15) is 0 Å². The van der Waals surface area contributed by atoms with Gasteiger partial charge in [-0.3, -0.25) is 15.5 Å². The Bertz CT molecular complexity index is 287. The van der Waals surface area contributed by atoms with Crippen molar-refractivity contribution in [2.24, 2.45) is 11.8 Å². The summed E-state index contributed by atoms with van der Waals surface area (Å²) in [5, 5.41) is 1.80. The predicted molar refractivity (Wildman–Crippen MR) is 71.8 cm³/mol. The van der Waals surface area contributed by atoms with E-state index in [1.807, 2.05) is 19.0 Å². The van der Waals surface area contributed by atoms with Crippen molar-refractivity contribution in [3.05, 3.63) is 0 Å². The molecule has 0 bridgehead atoms. The van der Waals surface area contributed by atoms with Crippen LogP contribution >= 0.6 is 0 Å². The Hall–Kier alpha value is -0.650. The van der Waals surface area contributed by atoms with E-state index in [-0.39, 0.29) is 5.91 Å². The van der Waals surface area contributed by atoms with E-state index in [2.05, 4.69) is 4.90 Å². The Balaban J connectivity index is 1.78. The Morgan fingerprint density at radius 1 is 1.28 bits per heavy atom. The van der Waals surface area contributed by atoms with Crippen LogP contribution in [0, 0.1) is 5.92 Å². The maximum atomic E-state index is 11.7. The zero-order chi connectivity index (χ0) is 13.1. The van der Waals surface area contributed by atoms with Crippen molar-refractivity contribution in [2.75, 3.05) is 40.3 Å². The summed E-state index contributed by atoms with van der Waals surface area (Å²) in [6.07, 6.45) is 4.92. The van der Waals surface area contributed by atoms with Gasteiger partial charge in [0.2, 0.25) is 5.91 Å². The standard InChI is InChI=1S/C13H26N4O/c1-15-7-8-17(10-13(15)18)12-5-3-11(4-6-12)9-16(2)14/h11-12H,3-10,14H2,1-2H3. The normalized spacial score (nSPS) is 31.1. The molecule has 2 N–H and O–H groups in total. The number of piperazine rings is 1. The smallest absolute Gasteiger partial charge is 0.236 e. The van der Waals surface area contributed by atoms with Crippen molar-refractivity contribution < 1.29 is 4.79 Å². The Morgan fingerprint density at radius 2 is 1.94 bits per heavy atom. The topological polar surface area (TPSA) is 52.8 Å². The van der Waals surface area contributed by atoms with Crippen molar-refractivity contribution in [2.45, 2.75) is 31.7 Å². The number of rotatable bonds is 3. The van der Waals surface area contributed by atoms with Crippen LogP contribution in [0.1, 0.15) is 25.7 Å². The van der Waals surface area contributed by atoms with E-state index in [1.165, 1.54) is 25.7 Å². The number of nitrogens with zero attached hydrogens (tertiary/aromatic N) is 3. The second-order valence-corrected chi connectivity index (χ2v) is 5.90. The van der Waals surface area contributed by atoms with E-state index >= 15 is 0 Å². The van der Waals surface area contributed by atoms with Gasteiger partial charge in [0.25, 0.3) is 0 Å². The molecule has 5 nitrogen and oxygen atoms in total. The molecule has 2 fully saturated rings. The average molecular weight is 254 g/mol. The fourth-order valence-electron chi connectivity index (χ4n) is 3.19. The van der Waals surface area contributed by atoms with Gasteiger partial charge in [0.1, 0.15) is 0 Å². The lowest BCUT2D eigenvalue weighted by atomic mass is 9.85. The van der Waals surface area contributed by atoms with E-state index in [4.69, 9.17) is 5.84 Å². The number of hydrogen-bond acceptors (Lipinski definition) is 4. The summed E-state index contributed by atoms with van der Waals surface area (Å²) in [6, 6.07) is 0.613. The van der Waals surface area contributed by atoms with Crippen LogP contribution in [-0.2, 0) is 4.79 Å². The van der Waals surface area contributed by atoms with Gasteiger partial charge in [0.05, 0.1) is 6.54 Å². The number of carbonyl (C=O) groups excluding carboxylic acids is 1. The van der Waals surface area contributed by atoms with Crippen LogP contribution < -0.4 is 5.84 Å². The number of amides is 1. The highest BCUT2D eigenvalue weighted by atomic mass is 16.2. The van der Waals surface area contributed by atoms with E-state index in [1.54, 1.807) is 5.01 Å². The quantitative estimate of drug-likeness (QED) is 0.574. The first-order chi connectivity index (χ1) is 8.56. The van der Waals surface area contributed by atoms with Gasteiger partial charge >= 0.3 is 0 Å². The summed E-state index contributed by atoms with van der Waals surface area (Å²) in [5.74, 6) is 6.71. The molecule has 1 heterocycles. The summed E-state index contributed by atoms with van der Waals surface area (Å²) in [5.41, 5.74) is 0. The minimum Gasteiger partial charge on any atom is -0.343 e. The summed E-state index contributed by atoms with van der Waals surface area (Å²) >= 11 is 0. The molecular weight excluding hydrogens is 228 g/mol. The molecule has 0 spiro atoms. The van der Waals surface area contributed by atoms with Gasteiger partial charge in [0.15, 0.2) is 0 Å². The minimum atomic E-state index is 0.269. The van der Waals surface area contributed by atoms with Crippen molar-refractivity contribution >= 4 is 5.91 Å². The molecule has 0 radical (unpaired) electrons. The molecule has 104 valence electrons. The Kier molecular flexibility index (Phi) is 4.59. The molecule has 5 heteroatoms. The lowest BCUT2D eigenvalue weighted by Crippen LogP contribution is -2.53. The second kappa shape index (κ2) is 5.99. The summed E-state index contributed by atoms with van der Waals surface area (Å²) in [4.78, 5) is 15.9. The molecule has 0 atom stereocenters. The van der Waals surface area contributed by atoms with Crippen LogP contribution in [0.5, 0.6) is 0 Å². The molecule has 1 amide bonds. The molecular formula is C13H26N4O. The number of likely N-dealkylation sites (N-methyl/N-ethyl adjacent to an activating group) is 1. The number of nitrogens with two attached hydrogens (primary N) is 1. The third-order valence-electron chi connectivity index (χ3n) is 4.37. The maximum absolute atomic E-state index is 11.7. The van der Waals surface area contributed by atoms with E-state index < -0.39 is 0 Å². The highest BCUT2D eigenvalue weighted by Crippen LogP contribution is 2.28. The highest BCUT2D eigenvalue weighted by molar-refractivity contribution is 5.78. The first kappa shape index (κ1) is 13.8. The molecule has 1 saturated carbocycles. The van der Waals surface area contributed by atoms with Crippen LogP contribution in [0.4, 0.5) is 0 Å². The predicted octanol–water partition coefficient (Wildman–Crippen LogP) is 0.125. The molecule has 0 aromatic carbocycles. The Morgan fingerprint density at radius 3 is 2.50 bits per heavy atom. The molecule has 0 aromatic heterocycles. The summed E-state index contributed by atoms with van der Waals surface area (Å²) < 4.78 is 0. The molecule has 1 saturated heterocycles. The minimum absolute atomic E-state index is 0.269. The monoisotopic (exact) mass is 254 g/mol. The van der Waals surface area contributed by atoms with E-state index in [9.17, 15) is 4.79 Å². The zero-order valence-electron chi connectivity index (χ0n) is 11.6.